The van der Waals surface area contributed by atoms with E-state index in [0.717, 1.165) is 0 Å². The van der Waals surface area contributed by atoms with E-state index in [4.69, 9.17) is 4.74 Å². The first-order valence-electron chi connectivity index (χ1n) is 7.21. The standard InChI is InChI=1S/C17H15F2NO5/c1-10(24-16(23)11-6-8-12(21)9-7-11)15(22)20-13-4-2-3-5-14(13)25-17(18)19/h2-10,17,21H,1H3,(H,20,22). The largest absolute Gasteiger partial charge is 0.508 e. The number of hydrogen-bond acceptors (Lipinski definition) is 5. The van der Waals surface area contributed by atoms with Gasteiger partial charge in [0.2, 0.25) is 0 Å². The molecule has 0 fully saturated rings. The van der Waals surface area contributed by atoms with E-state index in [9.17, 15) is 23.5 Å². The Bertz CT molecular complexity index is 749. The van der Waals surface area contributed by atoms with Crippen molar-refractivity contribution in [3.05, 3.63) is 54.1 Å². The third kappa shape index (κ3) is 5.17. The molecule has 0 aliphatic heterocycles. The van der Waals surface area contributed by atoms with Crippen LogP contribution in [0.2, 0.25) is 0 Å². The van der Waals surface area contributed by atoms with Crippen LogP contribution in [0, 0.1) is 0 Å². The second kappa shape index (κ2) is 8.09. The molecule has 0 aliphatic rings. The second-order valence-electron chi connectivity index (χ2n) is 4.96. The zero-order valence-electron chi connectivity index (χ0n) is 13.1. The van der Waals surface area contributed by atoms with E-state index in [2.05, 4.69) is 10.1 Å². The quantitative estimate of drug-likeness (QED) is 0.781. The van der Waals surface area contributed by atoms with Crippen molar-refractivity contribution >= 4 is 17.6 Å². The van der Waals surface area contributed by atoms with E-state index in [1.165, 1.54) is 55.5 Å². The van der Waals surface area contributed by atoms with Gasteiger partial charge < -0.3 is 19.9 Å². The molecule has 2 aromatic carbocycles. The molecule has 0 spiro atoms. The van der Waals surface area contributed by atoms with Gasteiger partial charge in [-0.05, 0) is 43.3 Å². The van der Waals surface area contributed by atoms with Crippen molar-refractivity contribution in [2.24, 2.45) is 0 Å². The van der Waals surface area contributed by atoms with Gasteiger partial charge in [0.05, 0.1) is 11.3 Å². The lowest BCUT2D eigenvalue weighted by Gasteiger charge is -2.15. The van der Waals surface area contributed by atoms with Gasteiger partial charge in [-0.25, -0.2) is 4.79 Å². The molecule has 2 aromatic rings. The Morgan fingerprint density at radius 1 is 1.08 bits per heavy atom. The molecule has 0 saturated carbocycles. The van der Waals surface area contributed by atoms with Crippen LogP contribution in [0.15, 0.2) is 48.5 Å². The van der Waals surface area contributed by atoms with Gasteiger partial charge in [-0.3, -0.25) is 4.79 Å². The van der Waals surface area contributed by atoms with Crippen molar-refractivity contribution in [1.82, 2.24) is 0 Å². The number of nitrogens with one attached hydrogen (secondary N) is 1. The molecule has 1 unspecified atom stereocenters. The van der Waals surface area contributed by atoms with Gasteiger partial charge in [0.1, 0.15) is 11.5 Å². The molecule has 6 nitrogen and oxygen atoms in total. The number of carbonyl (C=O) groups excluding carboxylic acids is 2. The highest BCUT2D eigenvalue weighted by Crippen LogP contribution is 2.25. The Morgan fingerprint density at radius 3 is 2.36 bits per heavy atom. The maximum Gasteiger partial charge on any atom is 0.387 e. The lowest BCUT2D eigenvalue weighted by atomic mass is 10.2. The number of hydrogen-bond donors (Lipinski definition) is 2. The summed E-state index contributed by atoms with van der Waals surface area (Å²) >= 11 is 0. The molecule has 0 heterocycles. The molecule has 0 bridgehead atoms. The predicted octanol–water partition coefficient (Wildman–Crippen LogP) is 3.18. The molecule has 0 aliphatic carbocycles. The van der Waals surface area contributed by atoms with Crippen LogP contribution in [0.1, 0.15) is 17.3 Å². The normalized spacial score (nSPS) is 11.7. The molecule has 2 rings (SSSR count). The fourth-order valence-electron chi connectivity index (χ4n) is 1.88. The summed E-state index contributed by atoms with van der Waals surface area (Å²) in [5.74, 6) is -1.70. The number of alkyl halides is 2. The number of esters is 1. The number of halogens is 2. The minimum Gasteiger partial charge on any atom is -0.508 e. The molecule has 2 N–H and O–H groups in total. The first-order chi connectivity index (χ1) is 11.9. The summed E-state index contributed by atoms with van der Waals surface area (Å²) in [6, 6.07) is 10.9. The van der Waals surface area contributed by atoms with E-state index >= 15 is 0 Å². The monoisotopic (exact) mass is 351 g/mol. The summed E-state index contributed by atoms with van der Waals surface area (Å²) in [5.41, 5.74) is 0.180. The summed E-state index contributed by atoms with van der Waals surface area (Å²) in [5, 5.41) is 11.5. The second-order valence-corrected chi connectivity index (χ2v) is 4.96. The lowest BCUT2D eigenvalue weighted by molar-refractivity contribution is -0.123. The Balaban J connectivity index is 2.01. The maximum atomic E-state index is 12.4. The number of rotatable bonds is 6. The van der Waals surface area contributed by atoms with Crippen molar-refractivity contribution in [3.63, 3.8) is 0 Å². The molecule has 0 aromatic heterocycles. The summed E-state index contributed by atoms with van der Waals surface area (Å²) < 4.78 is 34.0. The average Bonchev–Trinajstić information content (AvgIpc) is 2.56. The fraction of sp³-hybridized carbons (Fsp3) is 0.176. The van der Waals surface area contributed by atoms with Crippen LogP contribution in [0.5, 0.6) is 11.5 Å². The molecule has 1 amide bonds. The third-order valence-corrected chi connectivity index (χ3v) is 3.12. The number of anilines is 1. The molecule has 8 heteroatoms. The molecule has 0 radical (unpaired) electrons. The van der Waals surface area contributed by atoms with Crippen molar-refractivity contribution in [2.75, 3.05) is 5.32 Å². The van der Waals surface area contributed by atoms with E-state index in [-0.39, 0.29) is 22.7 Å². The average molecular weight is 351 g/mol. The predicted molar refractivity (Wildman–Crippen MR) is 84.7 cm³/mol. The Kier molecular flexibility index (Phi) is 5.89. The summed E-state index contributed by atoms with van der Waals surface area (Å²) in [4.78, 5) is 24.0. The highest BCUT2D eigenvalue weighted by atomic mass is 19.3. The Morgan fingerprint density at radius 2 is 1.72 bits per heavy atom. The number of phenols is 1. The van der Waals surface area contributed by atoms with E-state index in [1.807, 2.05) is 0 Å². The molecular weight excluding hydrogens is 336 g/mol. The lowest BCUT2D eigenvalue weighted by Crippen LogP contribution is -2.30. The van der Waals surface area contributed by atoms with Gasteiger partial charge in [-0.1, -0.05) is 12.1 Å². The molecule has 1 atom stereocenters. The fourth-order valence-corrected chi connectivity index (χ4v) is 1.88. The van der Waals surface area contributed by atoms with Gasteiger partial charge in [-0.2, -0.15) is 8.78 Å². The Hall–Kier alpha value is -3.16. The van der Waals surface area contributed by atoms with Gasteiger partial charge >= 0.3 is 12.6 Å². The maximum absolute atomic E-state index is 12.4. The van der Waals surface area contributed by atoms with Gasteiger partial charge in [-0.15, -0.1) is 0 Å². The number of amides is 1. The van der Waals surface area contributed by atoms with Crippen LogP contribution >= 0.6 is 0 Å². The van der Waals surface area contributed by atoms with Gasteiger partial charge in [0, 0.05) is 0 Å². The van der Waals surface area contributed by atoms with Crippen LogP contribution in [0.3, 0.4) is 0 Å². The first-order valence-corrected chi connectivity index (χ1v) is 7.21. The van der Waals surface area contributed by atoms with Crippen LogP contribution < -0.4 is 10.1 Å². The van der Waals surface area contributed by atoms with Crippen LogP contribution in [-0.2, 0) is 9.53 Å². The minimum absolute atomic E-state index is 0.0158. The van der Waals surface area contributed by atoms with E-state index in [0.29, 0.717) is 0 Å². The van der Waals surface area contributed by atoms with Crippen molar-refractivity contribution in [3.8, 4) is 11.5 Å². The first kappa shape index (κ1) is 18.2. The number of benzene rings is 2. The summed E-state index contributed by atoms with van der Waals surface area (Å²) in [6.45, 7) is -1.70. The van der Waals surface area contributed by atoms with Crippen molar-refractivity contribution in [1.29, 1.82) is 0 Å². The van der Waals surface area contributed by atoms with Crippen molar-refractivity contribution in [2.45, 2.75) is 19.6 Å². The van der Waals surface area contributed by atoms with Crippen molar-refractivity contribution < 1.29 is 33.0 Å². The number of para-hydroxylation sites is 2. The van der Waals surface area contributed by atoms with E-state index < -0.39 is 24.6 Å². The molecular formula is C17H15F2NO5. The number of ether oxygens (including phenoxy) is 2. The summed E-state index contributed by atoms with van der Waals surface area (Å²) in [7, 11) is 0. The number of aromatic hydroxyl groups is 1. The SMILES string of the molecule is CC(OC(=O)c1ccc(O)cc1)C(=O)Nc1ccccc1OC(F)F. The molecule has 0 saturated heterocycles. The number of phenolic OH excluding ortho intramolecular Hbond substituents is 1. The number of carbonyl (C=O) groups is 2. The van der Waals surface area contributed by atoms with Crippen LogP contribution in [0.25, 0.3) is 0 Å². The summed E-state index contributed by atoms with van der Waals surface area (Å²) in [6.07, 6.45) is -1.18. The zero-order chi connectivity index (χ0) is 18.4. The topological polar surface area (TPSA) is 84.9 Å². The van der Waals surface area contributed by atoms with Gasteiger partial charge in [0.25, 0.3) is 5.91 Å². The molecule has 132 valence electrons. The highest BCUT2D eigenvalue weighted by molar-refractivity contribution is 5.98. The smallest absolute Gasteiger partial charge is 0.387 e. The van der Waals surface area contributed by atoms with Gasteiger partial charge in [0.15, 0.2) is 6.10 Å². The Labute approximate surface area is 142 Å². The van der Waals surface area contributed by atoms with Crippen LogP contribution in [-0.4, -0.2) is 29.7 Å². The van der Waals surface area contributed by atoms with Crippen LogP contribution in [0.4, 0.5) is 14.5 Å². The molecule has 25 heavy (non-hydrogen) atoms. The third-order valence-electron chi connectivity index (χ3n) is 3.12. The minimum atomic E-state index is -3.04. The highest BCUT2D eigenvalue weighted by Gasteiger charge is 2.20. The zero-order valence-corrected chi connectivity index (χ0v) is 13.1. The van der Waals surface area contributed by atoms with E-state index in [1.54, 1.807) is 0 Å².